The van der Waals surface area contributed by atoms with Gasteiger partial charge < -0.3 is 19.3 Å². The van der Waals surface area contributed by atoms with Gasteiger partial charge in [0.2, 0.25) is 11.6 Å². The number of aliphatic hydroxyl groups is 1. The van der Waals surface area contributed by atoms with Gasteiger partial charge in [-0.3, -0.25) is 4.98 Å². The molecule has 0 amide bonds. The van der Waals surface area contributed by atoms with Crippen LogP contribution in [0.1, 0.15) is 5.69 Å². The van der Waals surface area contributed by atoms with E-state index in [1.54, 1.807) is 32.4 Å². The molecule has 2 rings (SSSR count). The first-order valence-electron chi connectivity index (χ1n) is 5.59. The van der Waals surface area contributed by atoms with Gasteiger partial charge in [0.05, 0.1) is 38.9 Å². The summed E-state index contributed by atoms with van der Waals surface area (Å²) in [6, 6.07) is 5.31. The number of methoxy groups -OCH3 is 2. The third-order valence-corrected chi connectivity index (χ3v) is 2.43. The minimum Gasteiger partial charge on any atom is -0.493 e. The van der Waals surface area contributed by atoms with Crippen LogP contribution in [0.25, 0.3) is 0 Å². The Balaban J connectivity index is 2.30. The summed E-state index contributed by atoms with van der Waals surface area (Å²) >= 11 is 0. The molecule has 0 fully saturated rings. The number of para-hydroxylation sites is 1. The van der Waals surface area contributed by atoms with Crippen LogP contribution >= 0.6 is 0 Å². The minimum absolute atomic E-state index is 0.161. The highest BCUT2D eigenvalue weighted by molar-refractivity contribution is 5.52. The standard InChI is InChI=1S/C13H14N2O4/c1-17-10-4-3-5-11(18-2)13(10)19-12-7-14-9(8-16)6-15-12/h3-7,16H,8H2,1-2H3. The number of nitrogens with zero attached hydrogens (tertiary/aromatic N) is 2. The highest BCUT2D eigenvalue weighted by Gasteiger charge is 2.13. The van der Waals surface area contributed by atoms with Crippen molar-refractivity contribution in [2.45, 2.75) is 6.61 Å². The molecule has 0 aliphatic carbocycles. The van der Waals surface area contributed by atoms with Crippen LogP contribution in [0.4, 0.5) is 0 Å². The molecular formula is C13H14N2O4. The van der Waals surface area contributed by atoms with Crippen molar-refractivity contribution in [3.05, 3.63) is 36.3 Å². The SMILES string of the molecule is COc1cccc(OC)c1Oc1cnc(CO)cn1. The quantitative estimate of drug-likeness (QED) is 0.885. The van der Waals surface area contributed by atoms with E-state index in [0.29, 0.717) is 28.8 Å². The average Bonchev–Trinajstić information content (AvgIpc) is 2.48. The van der Waals surface area contributed by atoms with Crippen LogP contribution in [0, 0.1) is 0 Å². The molecule has 0 unspecified atom stereocenters. The number of aromatic nitrogens is 2. The Morgan fingerprint density at radius 2 is 1.74 bits per heavy atom. The van der Waals surface area contributed by atoms with E-state index in [2.05, 4.69) is 9.97 Å². The number of hydrogen-bond acceptors (Lipinski definition) is 6. The molecule has 19 heavy (non-hydrogen) atoms. The normalized spacial score (nSPS) is 10.1. The highest BCUT2D eigenvalue weighted by Crippen LogP contribution is 2.39. The summed E-state index contributed by atoms with van der Waals surface area (Å²) < 4.78 is 16.0. The van der Waals surface area contributed by atoms with Crippen molar-refractivity contribution in [1.82, 2.24) is 9.97 Å². The van der Waals surface area contributed by atoms with E-state index < -0.39 is 0 Å². The van der Waals surface area contributed by atoms with Gasteiger partial charge in [0.25, 0.3) is 0 Å². The Bertz CT molecular complexity index is 521. The minimum atomic E-state index is -0.161. The summed E-state index contributed by atoms with van der Waals surface area (Å²) in [4.78, 5) is 8.02. The zero-order chi connectivity index (χ0) is 13.7. The Labute approximate surface area is 110 Å². The topological polar surface area (TPSA) is 73.7 Å². The van der Waals surface area contributed by atoms with Crippen molar-refractivity contribution in [1.29, 1.82) is 0 Å². The van der Waals surface area contributed by atoms with Crippen LogP contribution in [0.3, 0.4) is 0 Å². The number of benzene rings is 1. The van der Waals surface area contributed by atoms with Gasteiger partial charge in [-0.25, -0.2) is 4.98 Å². The van der Waals surface area contributed by atoms with E-state index in [0.717, 1.165) is 0 Å². The summed E-state index contributed by atoms with van der Waals surface area (Å²) in [5, 5.41) is 8.90. The Morgan fingerprint density at radius 3 is 2.21 bits per heavy atom. The second-order valence-corrected chi connectivity index (χ2v) is 3.60. The van der Waals surface area contributed by atoms with Gasteiger partial charge in [0.1, 0.15) is 0 Å². The van der Waals surface area contributed by atoms with Gasteiger partial charge in [0.15, 0.2) is 11.5 Å². The Hall–Kier alpha value is -2.34. The van der Waals surface area contributed by atoms with Crippen molar-refractivity contribution in [3.63, 3.8) is 0 Å². The van der Waals surface area contributed by atoms with Crippen LogP contribution in [-0.2, 0) is 6.61 Å². The van der Waals surface area contributed by atoms with Crippen LogP contribution in [-0.4, -0.2) is 29.3 Å². The Kier molecular flexibility index (Phi) is 4.15. The monoisotopic (exact) mass is 262 g/mol. The molecule has 2 aromatic rings. The molecule has 0 bridgehead atoms. The number of hydrogen-bond donors (Lipinski definition) is 1. The number of ether oxygens (including phenoxy) is 3. The molecule has 0 radical (unpaired) electrons. The van der Waals surface area contributed by atoms with E-state index in [4.69, 9.17) is 19.3 Å². The highest BCUT2D eigenvalue weighted by atomic mass is 16.5. The lowest BCUT2D eigenvalue weighted by atomic mass is 10.3. The van der Waals surface area contributed by atoms with E-state index in [1.807, 2.05) is 0 Å². The molecule has 0 aliphatic rings. The molecule has 1 heterocycles. The molecule has 0 saturated carbocycles. The fourth-order valence-electron chi connectivity index (χ4n) is 1.50. The molecule has 0 saturated heterocycles. The summed E-state index contributed by atoms with van der Waals surface area (Å²) in [5.74, 6) is 1.79. The molecule has 0 atom stereocenters. The predicted molar refractivity (Wildman–Crippen MR) is 67.6 cm³/mol. The van der Waals surface area contributed by atoms with Crippen molar-refractivity contribution in [2.75, 3.05) is 14.2 Å². The molecule has 1 aromatic carbocycles. The van der Waals surface area contributed by atoms with Crippen LogP contribution < -0.4 is 14.2 Å². The number of aliphatic hydroxyl groups excluding tert-OH is 1. The zero-order valence-corrected chi connectivity index (χ0v) is 10.7. The first-order valence-corrected chi connectivity index (χ1v) is 5.59. The molecule has 100 valence electrons. The second kappa shape index (κ2) is 6.01. The third kappa shape index (κ3) is 2.92. The van der Waals surface area contributed by atoms with Gasteiger partial charge in [-0.2, -0.15) is 0 Å². The second-order valence-electron chi connectivity index (χ2n) is 3.60. The van der Waals surface area contributed by atoms with Gasteiger partial charge in [0, 0.05) is 0 Å². The van der Waals surface area contributed by atoms with Gasteiger partial charge in [-0.15, -0.1) is 0 Å². The molecular weight excluding hydrogens is 248 g/mol. The lowest BCUT2D eigenvalue weighted by Gasteiger charge is -2.12. The van der Waals surface area contributed by atoms with E-state index in [9.17, 15) is 0 Å². The smallest absolute Gasteiger partial charge is 0.238 e. The first kappa shape index (κ1) is 13.1. The lowest BCUT2D eigenvalue weighted by molar-refractivity contribution is 0.275. The average molecular weight is 262 g/mol. The van der Waals surface area contributed by atoms with Crippen LogP contribution in [0.5, 0.6) is 23.1 Å². The maximum atomic E-state index is 8.90. The molecule has 6 heteroatoms. The largest absolute Gasteiger partial charge is 0.493 e. The summed E-state index contributed by atoms with van der Waals surface area (Å²) in [5.41, 5.74) is 0.472. The van der Waals surface area contributed by atoms with E-state index in [1.165, 1.54) is 12.4 Å². The Morgan fingerprint density at radius 1 is 1.05 bits per heavy atom. The van der Waals surface area contributed by atoms with Gasteiger partial charge in [-0.05, 0) is 12.1 Å². The van der Waals surface area contributed by atoms with Gasteiger partial charge in [-0.1, -0.05) is 6.07 Å². The lowest BCUT2D eigenvalue weighted by Crippen LogP contribution is -1.97. The summed E-state index contributed by atoms with van der Waals surface area (Å²) in [6.45, 7) is -0.161. The number of rotatable bonds is 5. The maximum Gasteiger partial charge on any atom is 0.238 e. The van der Waals surface area contributed by atoms with Crippen LogP contribution in [0.15, 0.2) is 30.6 Å². The first-order chi connectivity index (χ1) is 9.28. The molecule has 0 aliphatic heterocycles. The summed E-state index contributed by atoms with van der Waals surface area (Å²) in [7, 11) is 3.09. The third-order valence-electron chi connectivity index (χ3n) is 2.43. The summed E-state index contributed by atoms with van der Waals surface area (Å²) in [6.07, 6.45) is 2.87. The fraction of sp³-hybridized carbons (Fsp3) is 0.231. The predicted octanol–water partition coefficient (Wildman–Crippen LogP) is 1.78. The van der Waals surface area contributed by atoms with Crippen molar-refractivity contribution in [2.24, 2.45) is 0 Å². The van der Waals surface area contributed by atoms with E-state index in [-0.39, 0.29) is 6.61 Å². The van der Waals surface area contributed by atoms with Crippen molar-refractivity contribution >= 4 is 0 Å². The molecule has 1 N–H and O–H groups in total. The van der Waals surface area contributed by atoms with Crippen LogP contribution in [0.2, 0.25) is 0 Å². The van der Waals surface area contributed by atoms with E-state index >= 15 is 0 Å². The fourth-order valence-corrected chi connectivity index (χ4v) is 1.50. The van der Waals surface area contributed by atoms with Crippen molar-refractivity contribution in [3.8, 4) is 23.1 Å². The molecule has 0 spiro atoms. The van der Waals surface area contributed by atoms with Crippen molar-refractivity contribution < 1.29 is 19.3 Å². The molecule has 1 aromatic heterocycles. The maximum absolute atomic E-state index is 8.90. The molecule has 6 nitrogen and oxygen atoms in total. The zero-order valence-electron chi connectivity index (χ0n) is 10.7. The van der Waals surface area contributed by atoms with Gasteiger partial charge >= 0.3 is 0 Å².